The van der Waals surface area contributed by atoms with Crippen LogP contribution in [0.25, 0.3) is 0 Å². The molecule has 1 saturated heterocycles. The lowest BCUT2D eigenvalue weighted by molar-refractivity contribution is -0.136. The van der Waals surface area contributed by atoms with Crippen molar-refractivity contribution in [3.8, 4) is 0 Å². The molecular weight excluding hydrogens is 208 g/mol. The predicted octanol–water partition coefficient (Wildman–Crippen LogP) is 1.20. The minimum atomic E-state index is 0.202. The molecule has 4 heteroatoms. The zero-order valence-corrected chi connectivity index (χ0v) is 10.8. The van der Waals surface area contributed by atoms with E-state index in [-0.39, 0.29) is 5.92 Å². The van der Waals surface area contributed by atoms with Crippen LogP contribution in [0, 0.1) is 5.92 Å². The summed E-state index contributed by atoms with van der Waals surface area (Å²) in [6.45, 7) is 4.04. The number of carbonyl (C=O) groups excluding carboxylic acids is 1. The number of hydrogen-bond acceptors (Lipinski definition) is 3. The smallest absolute Gasteiger partial charge is 0.226 e. The molecular formula is C11H22N2OS. The van der Waals surface area contributed by atoms with Crippen molar-refractivity contribution in [3.05, 3.63) is 0 Å². The third kappa shape index (κ3) is 3.68. The van der Waals surface area contributed by atoms with Gasteiger partial charge in [0.15, 0.2) is 0 Å². The normalized spacial score (nSPS) is 23.5. The van der Waals surface area contributed by atoms with E-state index >= 15 is 0 Å². The van der Waals surface area contributed by atoms with Crippen LogP contribution >= 0.6 is 11.8 Å². The quantitative estimate of drug-likeness (QED) is 0.787. The third-order valence-electron chi connectivity index (χ3n) is 3.06. The van der Waals surface area contributed by atoms with Crippen LogP contribution in [0.2, 0.25) is 0 Å². The second kappa shape index (κ2) is 6.38. The lowest BCUT2D eigenvalue weighted by atomic mass is 9.98. The topological polar surface area (TPSA) is 32.3 Å². The molecule has 0 aromatic rings. The first-order valence-corrected chi connectivity index (χ1v) is 7.02. The van der Waals surface area contributed by atoms with Gasteiger partial charge in [-0.05, 0) is 32.6 Å². The van der Waals surface area contributed by atoms with Crippen molar-refractivity contribution in [2.45, 2.75) is 25.8 Å². The van der Waals surface area contributed by atoms with Gasteiger partial charge in [-0.2, -0.15) is 11.8 Å². The van der Waals surface area contributed by atoms with Crippen molar-refractivity contribution < 1.29 is 4.79 Å². The molecule has 0 aromatic carbocycles. The van der Waals surface area contributed by atoms with E-state index in [0.717, 1.165) is 31.7 Å². The van der Waals surface area contributed by atoms with Crippen molar-refractivity contribution in [2.24, 2.45) is 5.92 Å². The minimum Gasteiger partial charge on any atom is -0.342 e. The van der Waals surface area contributed by atoms with E-state index in [1.807, 2.05) is 11.9 Å². The number of piperidine rings is 1. The second-order valence-corrected chi connectivity index (χ2v) is 5.21. The highest BCUT2D eigenvalue weighted by Gasteiger charge is 2.25. The summed E-state index contributed by atoms with van der Waals surface area (Å²) < 4.78 is 0. The number of thioether (sulfide) groups is 1. The molecule has 1 rings (SSSR count). The third-order valence-corrected chi connectivity index (χ3v) is 3.88. The van der Waals surface area contributed by atoms with Crippen molar-refractivity contribution in [1.29, 1.82) is 0 Å². The van der Waals surface area contributed by atoms with Gasteiger partial charge >= 0.3 is 0 Å². The zero-order chi connectivity index (χ0) is 11.3. The Morgan fingerprint density at radius 1 is 1.67 bits per heavy atom. The van der Waals surface area contributed by atoms with Gasteiger partial charge < -0.3 is 10.2 Å². The van der Waals surface area contributed by atoms with Crippen LogP contribution in [0.3, 0.4) is 0 Å². The molecule has 15 heavy (non-hydrogen) atoms. The molecule has 0 radical (unpaired) electrons. The summed E-state index contributed by atoms with van der Waals surface area (Å²) in [5, 5.41) is 3.29. The van der Waals surface area contributed by atoms with E-state index in [1.165, 1.54) is 0 Å². The van der Waals surface area contributed by atoms with Crippen LogP contribution in [0.1, 0.15) is 19.8 Å². The van der Waals surface area contributed by atoms with Crippen LogP contribution < -0.4 is 5.32 Å². The Morgan fingerprint density at radius 3 is 2.93 bits per heavy atom. The maximum absolute atomic E-state index is 12.1. The summed E-state index contributed by atoms with van der Waals surface area (Å²) in [6, 6.07) is 0.342. The summed E-state index contributed by atoms with van der Waals surface area (Å²) in [5.74, 6) is 1.53. The molecule has 1 aliphatic rings. The monoisotopic (exact) mass is 230 g/mol. The molecule has 3 nitrogen and oxygen atoms in total. The zero-order valence-electron chi connectivity index (χ0n) is 9.95. The molecule has 2 atom stereocenters. The fourth-order valence-corrected chi connectivity index (χ4v) is 2.63. The van der Waals surface area contributed by atoms with Crippen molar-refractivity contribution in [1.82, 2.24) is 10.2 Å². The Labute approximate surface area is 97.0 Å². The van der Waals surface area contributed by atoms with Gasteiger partial charge in [0.05, 0.1) is 5.92 Å². The molecule has 1 aliphatic heterocycles. The largest absolute Gasteiger partial charge is 0.342 e. The van der Waals surface area contributed by atoms with Crippen LogP contribution in [0.15, 0.2) is 0 Å². The van der Waals surface area contributed by atoms with Crippen molar-refractivity contribution >= 4 is 17.7 Å². The Hall–Kier alpha value is -0.220. The van der Waals surface area contributed by atoms with E-state index in [1.54, 1.807) is 11.8 Å². The van der Waals surface area contributed by atoms with Crippen LogP contribution in [0.5, 0.6) is 0 Å². The number of nitrogens with one attached hydrogen (secondary N) is 1. The summed E-state index contributed by atoms with van der Waals surface area (Å²) >= 11 is 1.79. The molecule has 0 aromatic heterocycles. The first kappa shape index (κ1) is 12.8. The maximum atomic E-state index is 12.1. The fourth-order valence-electron chi connectivity index (χ4n) is 1.92. The number of carbonyl (C=O) groups is 1. The second-order valence-electron chi connectivity index (χ2n) is 4.30. The number of hydrogen-bond donors (Lipinski definition) is 1. The van der Waals surface area contributed by atoms with Gasteiger partial charge in [0.25, 0.3) is 0 Å². The van der Waals surface area contributed by atoms with Gasteiger partial charge in [0.2, 0.25) is 5.91 Å². The Bertz CT molecular complexity index is 205. The molecule has 0 aliphatic carbocycles. The highest BCUT2D eigenvalue weighted by atomic mass is 32.2. The maximum Gasteiger partial charge on any atom is 0.226 e. The summed E-state index contributed by atoms with van der Waals surface area (Å²) in [6.07, 6.45) is 4.25. The Balaban J connectivity index is 2.43. The highest BCUT2D eigenvalue weighted by Crippen LogP contribution is 2.15. The molecule has 0 bridgehead atoms. The van der Waals surface area contributed by atoms with Gasteiger partial charge in [-0.3, -0.25) is 4.79 Å². The van der Waals surface area contributed by atoms with Crippen LogP contribution in [-0.2, 0) is 4.79 Å². The SMILES string of the molecule is CSCC(C)N(C)C(=O)[C@H]1CCCNC1. The van der Waals surface area contributed by atoms with Crippen LogP contribution in [0.4, 0.5) is 0 Å². The molecule has 0 spiro atoms. The number of amides is 1. The molecule has 1 amide bonds. The molecule has 88 valence electrons. The molecule has 1 unspecified atom stereocenters. The van der Waals surface area contributed by atoms with Gasteiger partial charge in [-0.1, -0.05) is 0 Å². The first-order chi connectivity index (χ1) is 7.16. The number of nitrogens with zero attached hydrogens (tertiary/aromatic N) is 1. The Morgan fingerprint density at radius 2 is 2.40 bits per heavy atom. The van der Waals surface area contributed by atoms with E-state index in [4.69, 9.17) is 0 Å². The highest BCUT2D eigenvalue weighted by molar-refractivity contribution is 7.98. The van der Waals surface area contributed by atoms with Gasteiger partial charge in [0.1, 0.15) is 0 Å². The Kier molecular flexibility index (Phi) is 5.47. The number of rotatable bonds is 4. The average molecular weight is 230 g/mol. The minimum absolute atomic E-state index is 0.202. The summed E-state index contributed by atoms with van der Waals surface area (Å²) in [4.78, 5) is 14.0. The van der Waals surface area contributed by atoms with Gasteiger partial charge in [-0.25, -0.2) is 0 Å². The predicted molar refractivity (Wildman–Crippen MR) is 66.2 cm³/mol. The van der Waals surface area contributed by atoms with E-state index in [2.05, 4.69) is 18.5 Å². The molecule has 1 N–H and O–H groups in total. The average Bonchev–Trinajstić information content (AvgIpc) is 2.28. The lowest BCUT2D eigenvalue weighted by Crippen LogP contribution is -2.45. The van der Waals surface area contributed by atoms with E-state index in [0.29, 0.717) is 11.9 Å². The van der Waals surface area contributed by atoms with Crippen molar-refractivity contribution in [3.63, 3.8) is 0 Å². The molecule has 0 saturated carbocycles. The van der Waals surface area contributed by atoms with E-state index < -0.39 is 0 Å². The molecule has 1 heterocycles. The van der Waals surface area contributed by atoms with Crippen LogP contribution in [-0.4, -0.2) is 49.0 Å². The van der Waals surface area contributed by atoms with E-state index in [9.17, 15) is 4.79 Å². The van der Waals surface area contributed by atoms with Gasteiger partial charge in [0, 0.05) is 25.4 Å². The first-order valence-electron chi connectivity index (χ1n) is 5.63. The fraction of sp³-hybridized carbons (Fsp3) is 0.909. The summed E-state index contributed by atoms with van der Waals surface area (Å²) in [5.41, 5.74) is 0. The standard InChI is InChI=1S/C11H22N2OS/c1-9(8-15-3)13(2)11(14)10-5-4-6-12-7-10/h9-10,12H,4-8H2,1-3H3/t9?,10-/m0/s1. The molecule has 1 fully saturated rings. The lowest BCUT2D eigenvalue weighted by Gasteiger charge is -2.30. The van der Waals surface area contributed by atoms with Gasteiger partial charge in [-0.15, -0.1) is 0 Å². The summed E-state index contributed by atoms with van der Waals surface area (Å²) in [7, 11) is 1.93. The van der Waals surface area contributed by atoms with Crippen molar-refractivity contribution in [2.75, 3.05) is 32.1 Å².